The van der Waals surface area contributed by atoms with Crippen LogP contribution in [-0.4, -0.2) is 22.9 Å². The van der Waals surface area contributed by atoms with Gasteiger partial charge in [-0.3, -0.25) is 9.36 Å². The SMILES string of the molecule is CCn1c(=O)oc2cc(C(=O)C3CCCCN3)ccc21. The third-order valence-electron chi connectivity index (χ3n) is 3.90. The van der Waals surface area contributed by atoms with Crippen molar-refractivity contribution in [3.05, 3.63) is 34.3 Å². The van der Waals surface area contributed by atoms with Crippen molar-refractivity contribution < 1.29 is 9.21 Å². The minimum Gasteiger partial charge on any atom is -0.408 e. The van der Waals surface area contributed by atoms with Crippen LogP contribution in [0.1, 0.15) is 36.5 Å². The first kappa shape index (κ1) is 13.1. The lowest BCUT2D eigenvalue weighted by molar-refractivity contribution is 0.0927. The molecule has 1 fully saturated rings. The average Bonchev–Trinajstić information content (AvgIpc) is 2.81. The molecule has 1 aromatic carbocycles. The molecular weight excluding hydrogens is 256 g/mol. The number of oxazole rings is 1. The maximum atomic E-state index is 12.4. The highest BCUT2D eigenvalue weighted by atomic mass is 16.4. The molecule has 5 nitrogen and oxygen atoms in total. The molecule has 3 rings (SSSR count). The highest BCUT2D eigenvalue weighted by molar-refractivity contribution is 6.02. The van der Waals surface area contributed by atoms with Crippen LogP contribution in [0.4, 0.5) is 0 Å². The Morgan fingerprint density at radius 3 is 3.00 bits per heavy atom. The minimum absolute atomic E-state index is 0.0819. The molecule has 1 N–H and O–H groups in total. The Balaban J connectivity index is 1.96. The van der Waals surface area contributed by atoms with Crippen molar-refractivity contribution in [3.63, 3.8) is 0 Å². The fourth-order valence-electron chi connectivity index (χ4n) is 2.80. The van der Waals surface area contributed by atoms with Gasteiger partial charge >= 0.3 is 5.76 Å². The number of ketones is 1. The summed E-state index contributed by atoms with van der Waals surface area (Å²) in [5, 5.41) is 3.25. The fourth-order valence-corrected chi connectivity index (χ4v) is 2.80. The molecule has 1 aliphatic rings. The van der Waals surface area contributed by atoms with Crippen molar-refractivity contribution in [2.45, 2.75) is 38.8 Å². The average molecular weight is 274 g/mol. The van der Waals surface area contributed by atoms with E-state index < -0.39 is 0 Å². The molecule has 2 aromatic rings. The van der Waals surface area contributed by atoms with E-state index in [1.54, 1.807) is 22.8 Å². The number of fused-ring (bicyclic) bond motifs is 1. The van der Waals surface area contributed by atoms with E-state index >= 15 is 0 Å². The van der Waals surface area contributed by atoms with Gasteiger partial charge in [-0.2, -0.15) is 0 Å². The second-order valence-corrected chi connectivity index (χ2v) is 5.16. The third-order valence-corrected chi connectivity index (χ3v) is 3.90. The number of nitrogens with zero attached hydrogens (tertiary/aromatic N) is 1. The number of Topliss-reactive ketones (excluding diaryl/α,β-unsaturated/α-hetero) is 1. The number of nitrogens with one attached hydrogen (secondary N) is 1. The summed E-state index contributed by atoms with van der Waals surface area (Å²) in [7, 11) is 0. The number of aromatic nitrogens is 1. The number of benzene rings is 1. The lowest BCUT2D eigenvalue weighted by Gasteiger charge is -2.22. The predicted molar refractivity (Wildman–Crippen MR) is 76.1 cm³/mol. The molecule has 2 heterocycles. The molecule has 0 amide bonds. The van der Waals surface area contributed by atoms with Crippen LogP contribution in [0.2, 0.25) is 0 Å². The molecular formula is C15H18N2O3. The van der Waals surface area contributed by atoms with E-state index in [-0.39, 0.29) is 17.6 Å². The van der Waals surface area contributed by atoms with Crippen molar-refractivity contribution in [2.75, 3.05) is 6.54 Å². The second-order valence-electron chi connectivity index (χ2n) is 5.16. The predicted octanol–water partition coefficient (Wildman–Crippen LogP) is 1.94. The Labute approximate surface area is 116 Å². The molecule has 20 heavy (non-hydrogen) atoms. The summed E-state index contributed by atoms with van der Waals surface area (Å²) in [6.45, 7) is 3.34. The summed E-state index contributed by atoms with van der Waals surface area (Å²) in [4.78, 5) is 24.1. The van der Waals surface area contributed by atoms with Crippen LogP contribution in [0.5, 0.6) is 0 Å². The summed E-state index contributed by atoms with van der Waals surface area (Å²) in [6.07, 6.45) is 3.07. The van der Waals surface area contributed by atoms with Gasteiger partial charge in [0.15, 0.2) is 11.4 Å². The highest BCUT2D eigenvalue weighted by Crippen LogP contribution is 2.18. The molecule has 106 valence electrons. The number of carbonyl (C=O) groups excluding carboxylic acids is 1. The van der Waals surface area contributed by atoms with Gasteiger partial charge in [-0.1, -0.05) is 6.42 Å². The van der Waals surface area contributed by atoms with Gasteiger partial charge in [-0.15, -0.1) is 0 Å². The van der Waals surface area contributed by atoms with Gasteiger partial charge in [0.1, 0.15) is 0 Å². The van der Waals surface area contributed by atoms with E-state index in [2.05, 4.69) is 5.32 Å². The van der Waals surface area contributed by atoms with Crippen molar-refractivity contribution in [1.29, 1.82) is 0 Å². The zero-order valence-corrected chi connectivity index (χ0v) is 11.5. The van der Waals surface area contributed by atoms with Gasteiger partial charge < -0.3 is 9.73 Å². The Hall–Kier alpha value is -1.88. The van der Waals surface area contributed by atoms with E-state index in [0.717, 1.165) is 31.3 Å². The smallest absolute Gasteiger partial charge is 0.408 e. The van der Waals surface area contributed by atoms with Gasteiger partial charge in [-0.05, 0) is 44.5 Å². The molecule has 0 saturated carbocycles. The van der Waals surface area contributed by atoms with E-state index in [4.69, 9.17) is 4.42 Å². The quantitative estimate of drug-likeness (QED) is 0.869. The van der Waals surface area contributed by atoms with Crippen LogP contribution in [0, 0.1) is 0 Å². The Morgan fingerprint density at radius 1 is 1.45 bits per heavy atom. The number of piperidine rings is 1. The Morgan fingerprint density at radius 2 is 2.30 bits per heavy atom. The summed E-state index contributed by atoms with van der Waals surface area (Å²) in [6, 6.07) is 5.14. The molecule has 5 heteroatoms. The van der Waals surface area contributed by atoms with Gasteiger partial charge in [0, 0.05) is 12.1 Å². The van der Waals surface area contributed by atoms with Crippen LogP contribution in [0.3, 0.4) is 0 Å². The van der Waals surface area contributed by atoms with E-state index in [1.807, 2.05) is 6.92 Å². The Bertz CT molecular complexity index is 693. The first-order chi connectivity index (χ1) is 9.70. The first-order valence-corrected chi connectivity index (χ1v) is 7.11. The first-order valence-electron chi connectivity index (χ1n) is 7.11. The molecule has 1 unspecified atom stereocenters. The molecule has 0 bridgehead atoms. The van der Waals surface area contributed by atoms with Crippen molar-refractivity contribution in [2.24, 2.45) is 0 Å². The molecule has 1 atom stereocenters. The molecule has 1 aliphatic heterocycles. The van der Waals surface area contributed by atoms with Gasteiger partial charge in [0.2, 0.25) is 0 Å². The number of hydrogen-bond donors (Lipinski definition) is 1. The maximum Gasteiger partial charge on any atom is 0.419 e. The highest BCUT2D eigenvalue weighted by Gasteiger charge is 2.22. The lowest BCUT2D eigenvalue weighted by atomic mass is 9.96. The lowest BCUT2D eigenvalue weighted by Crippen LogP contribution is -2.40. The van der Waals surface area contributed by atoms with Gasteiger partial charge in [0.25, 0.3) is 0 Å². The normalized spacial score (nSPS) is 19.4. The molecule has 0 radical (unpaired) electrons. The fraction of sp³-hybridized carbons (Fsp3) is 0.467. The summed E-state index contributed by atoms with van der Waals surface area (Å²) < 4.78 is 6.76. The zero-order chi connectivity index (χ0) is 14.1. The number of aryl methyl sites for hydroxylation is 1. The zero-order valence-electron chi connectivity index (χ0n) is 11.5. The number of carbonyl (C=O) groups is 1. The Kier molecular flexibility index (Phi) is 3.44. The number of rotatable bonds is 3. The van der Waals surface area contributed by atoms with Crippen molar-refractivity contribution in [1.82, 2.24) is 9.88 Å². The topological polar surface area (TPSA) is 64.2 Å². The standard InChI is InChI=1S/C15H18N2O3/c1-2-17-12-7-6-10(9-13(12)20-15(17)19)14(18)11-5-3-4-8-16-11/h6-7,9,11,16H,2-5,8H2,1H3. The molecule has 1 aromatic heterocycles. The third kappa shape index (κ3) is 2.18. The van der Waals surface area contributed by atoms with Crippen molar-refractivity contribution in [3.8, 4) is 0 Å². The van der Waals surface area contributed by atoms with Crippen LogP contribution >= 0.6 is 0 Å². The van der Waals surface area contributed by atoms with Crippen LogP contribution in [0.25, 0.3) is 11.1 Å². The van der Waals surface area contributed by atoms with Crippen LogP contribution in [0.15, 0.2) is 27.4 Å². The van der Waals surface area contributed by atoms with E-state index in [0.29, 0.717) is 17.7 Å². The van der Waals surface area contributed by atoms with Crippen LogP contribution < -0.4 is 11.1 Å². The summed E-state index contributed by atoms with van der Waals surface area (Å²) in [5.41, 5.74) is 1.83. The molecule has 1 saturated heterocycles. The maximum absolute atomic E-state index is 12.4. The van der Waals surface area contributed by atoms with Crippen molar-refractivity contribution >= 4 is 16.9 Å². The number of hydrogen-bond acceptors (Lipinski definition) is 4. The second kappa shape index (κ2) is 5.25. The summed E-state index contributed by atoms with van der Waals surface area (Å²) in [5.74, 6) is -0.290. The van der Waals surface area contributed by atoms with E-state index in [1.165, 1.54) is 0 Å². The molecule has 0 aliphatic carbocycles. The summed E-state index contributed by atoms with van der Waals surface area (Å²) >= 11 is 0. The minimum atomic E-state index is -0.372. The van der Waals surface area contributed by atoms with Crippen LogP contribution in [-0.2, 0) is 6.54 Å². The van der Waals surface area contributed by atoms with E-state index in [9.17, 15) is 9.59 Å². The largest absolute Gasteiger partial charge is 0.419 e. The van der Waals surface area contributed by atoms with Gasteiger partial charge in [-0.25, -0.2) is 4.79 Å². The molecule has 0 spiro atoms. The van der Waals surface area contributed by atoms with Gasteiger partial charge in [0.05, 0.1) is 11.6 Å². The monoisotopic (exact) mass is 274 g/mol.